The third-order valence-electron chi connectivity index (χ3n) is 3.87. The lowest BCUT2D eigenvalue weighted by molar-refractivity contribution is 0.115. The van der Waals surface area contributed by atoms with Crippen molar-refractivity contribution in [2.45, 2.75) is 31.7 Å². The van der Waals surface area contributed by atoms with Crippen LogP contribution < -0.4 is 5.73 Å². The highest BCUT2D eigenvalue weighted by Gasteiger charge is 2.22. The minimum atomic E-state index is -0.905. The van der Waals surface area contributed by atoms with Gasteiger partial charge < -0.3 is 15.9 Å². The monoisotopic (exact) mass is 277 g/mol. The van der Waals surface area contributed by atoms with E-state index in [0.29, 0.717) is 6.42 Å². The van der Waals surface area contributed by atoms with Crippen molar-refractivity contribution in [3.63, 3.8) is 0 Å². The largest absolute Gasteiger partial charge is 0.394 e. The summed E-state index contributed by atoms with van der Waals surface area (Å²) in [6.07, 6.45) is 2.17. The molecule has 0 bridgehead atoms. The Kier molecular flexibility index (Phi) is 4.42. The van der Waals surface area contributed by atoms with Crippen molar-refractivity contribution in [3.05, 3.63) is 29.5 Å². The summed E-state index contributed by atoms with van der Waals surface area (Å²) >= 11 is 0. The van der Waals surface area contributed by atoms with Crippen molar-refractivity contribution in [1.29, 1.82) is 0 Å². The van der Waals surface area contributed by atoms with E-state index < -0.39 is 5.54 Å². The van der Waals surface area contributed by atoms with Crippen molar-refractivity contribution in [2.75, 3.05) is 13.2 Å². The highest BCUT2D eigenvalue weighted by atomic mass is 16.3. The van der Waals surface area contributed by atoms with E-state index >= 15 is 0 Å². The van der Waals surface area contributed by atoms with Gasteiger partial charge in [-0.05, 0) is 37.0 Å². The van der Waals surface area contributed by atoms with Gasteiger partial charge in [0.25, 0.3) is 0 Å². The summed E-state index contributed by atoms with van der Waals surface area (Å²) in [4.78, 5) is 0. The van der Waals surface area contributed by atoms with Gasteiger partial charge in [0.15, 0.2) is 0 Å². The second-order valence-electron chi connectivity index (χ2n) is 5.45. The first-order chi connectivity index (χ1) is 9.53. The van der Waals surface area contributed by atoms with Crippen molar-refractivity contribution < 1.29 is 10.2 Å². The van der Waals surface area contributed by atoms with Gasteiger partial charge in [-0.15, -0.1) is 0 Å². The average Bonchev–Trinajstić information content (AvgIpc) is 2.81. The Balaban J connectivity index is 2.23. The maximum Gasteiger partial charge on any atom is 0.0700 e. The van der Waals surface area contributed by atoms with Gasteiger partial charge in [0, 0.05) is 12.4 Å². The second-order valence-corrected chi connectivity index (χ2v) is 5.45. The van der Waals surface area contributed by atoms with E-state index in [1.54, 1.807) is 0 Å². The number of fused-ring (bicyclic) bond motifs is 1. The smallest absolute Gasteiger partial charge is 0.0700 e. The van der Waals surface area contributed by atoms with Crippen LogP contribution in [0.3, 0.4) is 0 Å². The number of nitrogens with zero attached hydrogens (tertiary/aromatic N) is 2. The van der Waals surface area contributed by atoms with Crippen molar-refractivity contribution in [3.8, 4) is 0 Å². The first-order valence-electron chi connectivity index (χ1n) is 6.98. The van der Waals surface area contributed by atoms with Crippen LogP contribution in [-0.2, 0) is 19.9 Å². The number of hydrogen-bond donors (Lipinski definition) is 3. The molecule has 0 amide bonds. The number of hydrogen-bond acceptors (Lipinski definition) is 4. The van der Waals surface area contributed by atoms with Crippen LogP contribution >= 0.6 is 0 Å². The molecular formula is C15H23N3O2. The van der Waals surface area contributed by atoms with Crippen LogP contribution in [0.4, 0.5) is 0 Å². The molecule has 0 saturated heterocycles. The van der Waals surface area contributed by atoms with E-state index in [1.165, 1.54) is 5.39 Å². The van der Waals surface area contributed by atoms with Gasteiger partial charge in [0.2, 0.25) is 0 Å². The fraction of sp³-hybridized carbons (Fsp3) is 0.533. The van der Waals surface area contributed by atoms with Crippen molar-refractivity contribution in [1.82, 2.24) is 9.78 Å². The summed E-state index contributed by atoms with van der Waals surface area (Å²) in [7, 11) is 1.95. The molecule has 1 aromatic heterocycles. The quantitative estimate of drug-likeness (QED) is 0.727. The third-order valence-corrected chi connectivity index (χ3v) is 3.87. The SMILES string of the molecule is CCc1nn(C)c2ccc(CCC(N)(CO)CO)cc12. The second kappa shape index (κ2) is 5.91. The van der Waals surface area contributed by atoms with Gasteiger partial charge in [-0.2, -0.15) is 5.10 Å². The molecule has 0 aliphatic carbocycles. The Labute approximate surface area is 119 Å². The fourth-order valence-corrected chi connectivity index (χ4v) is 2.40. The van der Waals surface area contributed by atoms with Gasteiger partial charge in [0.1, 0.15) is 0 Å². The summed E-state index contributed by atoms with van der Waals surface area (Å²) in [5.41, 5.74) is 8.36. The van der Waals surface area contributed by atoms with E-state index in [9.17, 15) is 10.2 Å². The van der Waals surface area contributed by atoms with Gasteiger partial charge >= 0.3 is 0 Å². The lowest BCUT2D eigenvalue weighted by Crippen LogP contribution is -2.47. The molecule has 0 radical (unpaired) electrons. The van der Waals surface area contributed by atoms with Crippen LogP contribution in [0.2, 0.25) is 0 Å². The molecule has 0 unspecified atom stereocenters. The molecule has 110 valence electrons. The Hall–Kier alpha value is -1.43. The van der Waals surface area contributed by atoms with E-state index in [1.807, 2.05) is 11.7 Å². The number of nitrogens with two attached hydrogens (primary N) is 1. The van der Waals surface area contributed by atoms with Crippen LogP contribution in [-0.4, -0.2) is 38.7 Å². The van der Waals surface area contributed by atoms with E-state index in [0.717, 1.165) is 29.6 Å². The van der Waals surface area contributed by atoms with Gasteiger partial charge in [-0.1, -0.05) is 13.0 Å². The van der Waals surface area contributed by atoms with Crippen LogP contribution in [0.1, 0.15) is 24.6 Å². The Morgan fingerprint density at radius 3 is 2.60 bits per heavy atom. The standard InChI is InChI=1S/C15H23N3O2/c1-3-13-12-8-11(4-5-14(12)18(2)17-13)6-7-15(16,9-19)10-20/h4-5,8,19-20H,3,6-7,9-10,16H2,1-2H3. The molecule has 0 fully saturated rings. The van der Waals surface area contributed by atoms with Crippen LogP contribution in [0.5, 0.6) is 0 Å². The minimum absolute atomic E-state index is 0.209. The molecule has 0 saturated carbocycles. The summed E-state index contributed by atoms with van der Waals surface area (Å²) in [6, 6.07) is 6.25. The topological polar surface area (TPSA) is 84.3 Å². The zero-order valence-corrected chi connectivity index (χ0v) is 12.1. The summed E-state index contributed by atoms with van der Waals surface area (Å²) in [6.45, 7) is 1.68. The summed E-state index contributed by atoms with van der Waals surface area (Å²) < 4.78 is 1.90. The number of aliphatic hydroxyl groups excluding tert-OH is 2. The van der Waals surface area contributed by atoms with Crippen LogP contribution in [0, 0.1) is 0 Å². The van der Waals surface area contributed by atoms with Crippen LogP contribution in [0.25, 0.3) is 10.9 Å². The van der Waals surface area contributed by atoms with Gasteiger partial charge in [-0.25, -0.2) is 0 Å². The molecule has 0 aliphatic rings. The molecular weight excluding hydrogens is 254 g/mol. The highest BCUT2D eigenvalue weighted by molar-refractivity contribution is 5.82. The molecule has 5 heteroatoms. The fourth-order valence-electron chi connectivity index (χ4n) is 2.40. The first kappa shape index (κ1) is 15.0. The highest BCUT2D eigenvalue weighted by Crippen LogP contribution is 2.22. The molecule has 20 heavy (non-hydrogen) atoms. The van der Waals surface area contributed by atoms with E-state index in [-0.39, 0.29) is 13.2 Å². The summed E-state index contributed by atoms with van der Waals surface area (Å²) in [5.74, 6) is 0. The minimum Gasteiger partial charge on any atom is -0.394 e. The number of benzene rings is 1. The third kappa shape index (κ3) is 2.85. The summed E-state index contributed by atoms with van der Waals surface area (Å²) in [5, 5.41) is 24.1. The predicted octanol–water partition coefficient (Wildman–Crippen LogP) is 0.750. The molecule has 0 atom stereocenters. The number of aromatic nitrogens is 2. The molecule has 0 spiro atoms. The molecule has 1 heterocycles. The number of rotatable bonds is 6. The van der Waals surface area contributed by atoms with Gasteiger partial charge in [0.05, 0.1) is 30.0 Å². The lowest BCUT2D eigenvalue weighted by Gasteiger charge is -2.24. The van der Waals surface area contributed by atoms with E-state index in [4.69, 9.17) is 5.73 Å². The van der Waals surface area contributed by atoms with E-state index in [2.05, 4.69) is 30.2 Å². The maximum absolute atomic E-state index is 9.22. The molecule has 2 rings (SSSR count). The predicted molar refractivity (Wildman–Crippen MR) is 79.5 cm³/mol. The zero-order valence-electron chi connectivity index (χ0n) is 12.1. The average molecular weight is 277 g/mol. The zero-order chi connectivity index (χ0) is 14.8. The molecule has 0 aliphatic heterocycles. The number of aryl methyl sites for hydroxylation is 3. The molecule has 4 N–H and O–H groups in total. The molecule has 5 nitrogen and oxygen atoms in total. The van der Waals surface area contributed by atoms with Crippen molar-refractivity contribution in [2.24, 2.45) is 12.8 Å². The Morgan fingerprint density at radius 2 is 2.00 bits per heavy atom. The Bertz CT molecular complexity index is 588. The normalized spacial score (nSPS) is 12.2. The van der Waals surface area contributed by atoms with Crippen LogP contribution in [0.15, 0.2) is 18.2 Å². The maximum atomic E-state index is 9.22. The molecule has 1 aromatic carbocycles. The van der Waals surface area contributed by atoms with Gasteiger partial charge in [-0.3, -0.25) is 4.68 Å². The van der Waals surface area contributed by atoms with Crippen molar-refractivity contribution >= 4 is 10.9 Å². The first-order valence-corrected chi connectivity index (χ1v) is 6.98. The molecule has 2 aromatic rings. The lowest BCUT2D eigenvalue weighted by atomic mass is 9.93. The Morgan fingerprint density at radius 1 is 1.30 bits per heavy atom. The number of aliphatic hydroxyl groups is 2.